The molecule has 18 heavy (non-hydrogen) atoms. The number of carboxylic acids is 1. The zero-order valence-corrected chi connectivity index (χ0v) is 11.4. The summed E-state index contributed by atoms with van der Waals surface area (Å²) in [6.45, 7) is 2.02. The van der Waals surface area contributed by atoms with Gasteiger partial charge in [0.1, 0.15) is 6.04 Å². The summed E-state index contributed by atoms with van der Waals surface area (Å²) in [5, 5.41) is 9.38. The van der Waals surface area contributed by atoms with Crippen LogP contribution in [0.5, 0.6) is 0 Å². The highest BCUT2D eigenvalue weighted by molar-refractivity contribution is 5.73. The van der Waals surface area contributed by atoms with Crippen LogP contribution in [-0.4, -0.2) is 35.1 Å². The minimum Gasteiger partial charge on any atom is -0.480 e. The number of hydrogen-bond acceptors (Lipinski definition) is 2. The summed E-state index contributed by atoms with van der Waals surface area (Å²) in [7, 11) is 0. The van der Waals surface area contributed by atoms with Gasteiger partial charge in [0.25, 0.3) is 0 Å². The molecule has 0 aromatic heterocycles. The van der Waals surface area contributed by atoms with Crippen molar-refractivity contribution in [3.8, 4) is 0 Å². The van der Waals surface area contributed by atoms with Crippen LogP contribution in [0.25, 0.3) is 0 Å². The lowest BCUT2D eigenvalue weighted by Gasteiger charge is -2.30. The van der Waals surface area contributed by atoms with Crippen LogP contribution in [0.1, 0.15) is 64.2 Å². The first kappa shape index (κ1) is 13.9. The highest BCUT2D eigenvalue weighted by Crippen LogP contribution is 2.26. The Morgan fingerprint density at radius 3 is 2.22 bits per heavy atom. The number of aliphatic carboxylic acids is 1. The molecule has 2 rings (SSSR count). The van der Waals surface area contributed by atoms with Crippen LogP contribution < -0.4 is 0 Å². The van der Waals surface area contributed by atoms with Gasteiger partial charge in [0, 0.05) is 6.54 Å². The Kier molecular flexibility index (Phi) is 5.48. The minimum atomic E-state index is -0.606. The topological polar surface area (TPSA) is 40.5 Å². The van der Waals surface area contributed by atoms with E-state index in [0.29, 0.717) is 0 Å². The third-order valence-corrected chi connectivity index (χ3v) is 4.62. The number of hydrogen-bond donors (Lipinski definition) is 1. The van der Waals surface area contributed by atoms with Gasteiger partial charge in [-0.25, -0.2) is 0 Å². The van der Waals surface area contributed by atoms with Crippen LogP contribution in [0.3, 0.4) is 0 Å². The SMILES string of the molecule is O=C(O)C1CCCCCN1CC1CCCCCC1. The Bertz CT molecular complexity index is 259. The molecule has 0 spiro atoms. The summed E-state index contributed by atoms with van der Waals surface area (Å²) >= 11 is 0. The molecule has 1 atom stereocenters. The fraction of sp³-hybridized carbons (Fsp3) is 0.933. The summed E-state index contributed by atoms with van der Waals surface area (Å²) in [5.74, 6) is 0.137. The van der Waals surface area contributed by atoms with Gasteiger partial charge in [0.05, 0.1) is 0 Å². The van der Waals surface area contributed by atoms with E-state index < -0.39 is 5.97 Å². The first-order valence-corrected chi connectivity index (χ1v) is 7.74. The van der Waals surface area contributed by atoms with Gasteiger partial charge in [-0.05, 0) is 38.1 Å². The van der Waals surface area contributed by atoms with E-state index in [0.717, 1.165) is 31.8 Å². The lowest BCUT2D eigenvalue weighted by Crippen LogP contribution is -2.43. The molecule has 2 fully saturated rings. The molecular formula is C15H27NO2. The zero-order valence-electron chi connectivity index (χ0n) is 11.4. The second-order valence-electron chi connectivity index (χ2n) is 6.06. The maximum atomic E-state index is 11.4. The van der Waals surface area contributed by atoms with Crippen molar-refractivity contribution >= 4 is 5.97 Å². The second-order valence-corrected chi connectivity index (χ2v) is 6.06. The molecule has 0 bridgehead atoms. The molecule has 0 aromatic rings. The number of rotatable bonds is 3. The minimum absolute atomic E-state index is 0.212. The Morgan fingerprint density at radius 2 is 1.56 bits per heavy atom. The third kappa shape index (κ3) is 3.98. The molecule has 1 saturated carbocycles. The number of nitrogens with zero attached hydrogens (tertiary/aromatic N) is 1. The van der Waals surface area contributed by atoms with Crippen molar-refractivity contribution in [2.24, 2.45) is 5.92 Å². The van der Waals surface area contributed by atoms with Crippen molar-refractivity contribution in [1.82, 2.24) is 4.90 Å². The average molecular weight is 253 g/mol. The van der Waals surface area contributed by atoms with E-state index in [9.17, 15) is 9.90 Å². The van der Waals surface area contributed by atoms with Crippen molar-refractivity contribution in [3.05, 3.63) is 0 Å². The Hall–Kier alpha value is -0.570. The van der Waals surface area contributed by atoms with Gasteiger partial charge in [-0.3, -0.25) is 9.69 Å². The highest BCUT2D eigenvalue weighted by atomic mass is 16.4. The number of carbonyl (C=O) groups is 1. The van der Waals surface area contributed by atoms with Gasteiger partial charge >= 0.3 is 5.97 Å². The molecular weight excluding hydrogens is 226 g/mol. The molecule has 1 heterocycles. The van der Waals surface area contributed by atoms with Gasteiger partial charge < -0.3 is 5.11 Å². The molecule has 0 amide bonds. The molecule has 1 N–H and O–H groups in total. The first-order valence-electron chi connectivity index (χ1n) is 7.74. The predicted molar refractivity (Wildman–Crippen MR) is 72.7 cm³/mol. The lowest BCUT2D eigenvalue weighted by molar-refractivity contribution is -0.143. The molecule has 3 nitrogen and oxygen atoms in total. The average Bonchev–Trinajstić information content (AvgIpc) is 2.72. The van der Waals surface area contributed by atoms with Crippen LogP contribution >= 0.6 is 0 Å². The van der Waals surface area contributed by atoms with E-state index in [1.54, 1.807) is 0 Å². The van der Waals surface area contributed by atoms with Gasteiger partial charge in [0.2, 0.25) is 0 Å². The molecule has 2 aliphatic rings. The zero-order chi connectivity index (χ0) is 12.8. The third-order valence-electron chi connectivity index (χ3n) is 4.62. The van der Waals surface area contributed by atoms with E-state index in [1.165, 1.54) is 51.4 Å². The molecule has 104 valence electrons. The molecule has 0 aromatic carbocycles. The van der Waals surface area contributed by atoms with Crippen molar-refractivity contribution in [3.63, 3.8) is 0 Å². The molecule has 3 heteroatoms. The van der Waals surface area contributed by atoms with Crippen LogP contribution in [0, 0.1) is 5.92 Å². The smallest absolute Gasteiger partial charge is 0.320 e. The van der Waals surface area contributed by atoms with E-state index in [4.69, 9.17) is 0 Å². The molecule has 1 aliphatic heterocycles. The van der Waals surface area contributed by atoms with E-state index in [2.05, 4.69) is 4.90 Å². The maximum absolute atomic E-state index is 11.4. The van der Waals surface area contributed by atoms with Crippen molar-refractivity contribution < 1.29 is 9.90 Å². The summed E-state index contributed by atoms with van der Waals surface area (Å²) in [6, 6.07) is -0.212. The Morgan fingerprint density at radius 1 is 0.944 bits per heavy atom. The van der Waals surface area contributed by atoms with E-state index >= 15 is 0 Å². The number of carboxylic acid groups (broad SMARTS) is 1. The summed E-state index contributed by atoms with van der Waals surface area (Å²) in [4.78, 5) is 13.7. The predicted octanol–water partition coefficient (Wildman–Crippen LogP) is 3.29. The van der Waals surface area contributed by atoms with Crippen LogP contribution in [0.4, 0.5) is 0 Å². The van der Waals surface area contributed by atoms with Gasteiger partial charge in [-0.2, -0.15) is 0 Å². The fourth-order valence-corrected chi connectivity index (χ4v) is 3.54. The van der Waals surface area contributed by atoms with Gasteiger partial charge in [-0.15, -0.1) is 0 Å². The van der Waals surface area contributed by atoms with E-state index in [1.807, 2.05) is 0 Å². The summed E-state index contributed by atoms with van der Waals surface area (Å²) < 4.78 is 0. The van der Waals surface area contributed by atoms with E-state index in [-0.39, 0.29) is 6.04 Å². The largest absolute Gasteiger partial charge is 0.480 e. The molecule has 1 unspecified atom stereocenters. The molecule has 1 aliphatic carbocycles. The van der Waals surface area contributed by atoms with Crippen LogP contribution in [0.15, 0.2) is 0 Å². The maximum Gasteiger partial charge on any atom is 0.320 e. The van der Waals surface area contributed by atoms with Crippen LogP contribution in [-0.2, 0) is 4.79 Å². The number of likely N-dealkylation sites (tertiary alicyclic amines) is 1. The Balaban J connectivity index is 1.92. The molecule has 0 radical (unpaired) electrons. The lowest BCUT2D eigenvalue weighted by atomic mass is 9.98. The van der Waals surface area contributed by atoms with Crippen LogP contribution in [0.2, 0.25) is 0 Å². The second kappa shape index (κ2) is 7.13. The van der Waals surface area contributed by atoms with Crippen molar-refractivity contribution in [2.75, 3.05) is 13.1 Å². The molecule has 1 saturated heterocycles. The summed E-state index contributed by atoms with van der Waals surface area (Å²) in [6.07, 6.45) is 12.4. The fourth-order valence-electron chi connectivity index (χ4n) is 3.54. The Labute approximate surface area is 111 Å². The van der Waals surface area contributed by atoms with Gasteiger partial charge in [-0.1, -0.05) is 38.5 Å². The standard InChI is InChI=1S/C15H27NO2/c17-15(18)14-10-6-3-7-11-16(14)12-13-8-4-1-2-5-9-13/h13-14H,1-12H2,(H,17,18). The normalized spacial score (nSPS) is 28.6. The van der Waals surface area contributed by atoms with Crippen molar-refractivity contribution in [2.45, 2.75) is 70.3 Å². The highest BCUT2D eigenvalue weighted by Gasteiger charge is 2.28. The van der Waals surface area contributed by atoms with Crippen molar-refractivity contribution in [1.29, 1.82) is 0 Å². The monoisotopic (exact) mass is 253 g/mol. The van der Waals surface area contributed by atoms with Gasteiger partial charge in [0.15, 0.2) is 0 Å². The first-order chi connectivity index (χ1) is 8.77. The summed E-state index contributed by atoms with van der Waals surface area (Å²) in [5.41, 5.74) is 0. The quantitative estimate of drug-likeness (QED) is 0.785.